The van der Waals surface area contributed by atoms with Gasteiger partial charge < -0.3 is 0 Å². The van der Waals surface area contributed by atoms with Crippen LogP contribution in [0.2, 0.25) is 0 Å². The molecular weight excluding hydrogens is 206 g/mol. The van der Waals surface area contributed by atoms with Crippen LogP contribution >= 0.6 is 11.3 Å². The van der Waals surface area contributed by atoms with Gasteiger partial charge in [0.15, 0.2) is 0 Å². The third-order valence-corrected chi connectivity index (χ3v) is 2.79. The smallest absolute Gasteiger partial charge is 0.0794 e. The van der Waals surface area contributed by atoms with Crippen LogP contribution < -0.4 is 0 Å². The average Bonchev–Trinajstić information content (AvgIpc) is 2.66. The molecule has 0 N–H and O–H groups in total. The summed E-state index contributed by atoms with van der Waals surface area (Å²) in [6.45, 7) is 7.22. The van der Waals surface area contributed by atoms with Gasteiger partial charge in [0.05, 0.1) is 11.6 Å². The van der Waals surface area contributed by atoms with Gasteiger partial charge in [0.2, 0.25) is 0 Å². The van der Waals surface area contributed by atoms with Crippen LogP contribution in [0.15, 0.2) is 11.7 Å². The van der Waals surface area contributed by atoms with Gasteiger partial charge in [-0.25, -0.2) is 0 Å². The highest BCUT2D eigenvalue weighted by molar-refractivity contribution is 7.09. The molecule has 1 rings (SSSR count). The molecule has 0 saturated heterocycles. The molecule has 0 radical (unpaired) electrons. The fourth-order valence-electron chi connectivity index (χ4n) is 1.50. The van der Waals surface area contributed by atoms with Crippen molar-refractivity contribution in [3.05, 3.63) is 16.6 Å². The minimum Gasteiger partial charge on any atom is -0.297 e. The Morgan fingerprint density at radius 3 is 2.93 bits per heavy atom. The number of nitriles is 1. The molecule has 0 unspecified atom stereocenters. The van der Waals surface area contributed by atoms with Gasteiger partial charge in [-0.1, -0.05) is 13.8 Å². The molecule has 1 aromatic heterocycles. The van der Waals surface area contributed by atoms with E-state index in [1.165, 1.54) is 4.88 Å². The minimum atomic E-state index is 0.603. The molecule has 1 aromatic rings. The maximum atomic E-state index is 8.59. The molecule has 0 atom stereocenters. The van der Waals surface area contributed by atoms with Crippen molar-refractivity contribution >= 4 is 11.3 Å². The van der Waals surface area contributed by atoms with Crippen LogP contribution in [0.5, 0.6) is 0 Å². The Balaban J connectivity index is 2.45. The van der Waals surface area contributed by atoms with Gasteiger partial charge in [0.25, 0.3) is 0 Å². The zero-order valence-electron chi connectivity index (χ0n) is 9.31. The van der Waals surface area contributed by atoms with Crippen molar-refractivity contribution in [3.8, 4) is 6.07 Å². The fraction of sp³-hybridized carbons (Fsp3) is 0.636. The predicted molar refractivity (Wildman–Crippen MR) is 62.5 cm³/mol. The van der Waals surface area contributed by atoms with E-state index in [2.05, 4.69) is 29.8 Å². The maximum Gasteiger partial charge on any atom is 0.0794 e. The zero-order chi connectivity index (χ0) is 11.1. The lowest BCUT2D eigenvalue weighted by Gasteiger charge is -2.22. The number of aromatic nitrogens is 1. The van der Waals surface area contributed by atoms with Crippen LogP contribution in [0.4, 0.5) is 0 Å². The van der Waals surface area contributed by atoms with Crippen molar-refractivity contribution in [2.75, 3.05) is 13.1 Å². The Morgan fingerprint density at radius 1 is 1.60 bits per heavy atom. The fourth-order valence-corrected chi connectivity index (χ4v) is 2.14. The van der Waals surface area contributed by atoms with Crippen molar-refractivity contribution in [2.45, 2.75) is 26.8 Å². The Hall–Kier alpha value is -0.920. The average molecular weight is 223 g/mol. The highest BCUT2D eigenvalue weighted by Crippen LogP contribution is 2.11. The molecule has 3 nitrogen and oxygen atoms in total. The summed E-state index contributed by atoms with van der Waals surface area (Å²) in [5.74, 6) is 0.636. The molecule has 15 heavy (non-hydrogen) atoms. The van der Waals surface area contributed by atoms with Crippen LogP contribution in [0.1, 0.15) is 25.1 Å². The van der Waals surface area contributed by atoms with E-state index in [-0.39, 0.29) is 0 Å². The summed E-state index contributed by atoms with van der Waals surface area (Å²) in [5, 5.41) is 8.59. The monoisotopic (exact) mass is 223 g/mol. The van der Waals surface area contributed by atoms with E-state index >= 15 is 0 Å². The topological polar surface area (TPSA) is 39.9 Å². The van der Waals surface area contributed by atoms with Gasteiger partial charge in [-0.3, -0.25) is 9.88 Å². The zero-order valence-corrected chi connectivity index (χ0v) is 10.1. The largest absolute Gasteiger partial charge is 0.297 e. The van der Waals surface area contributed by atoms with Gasteiger partial charge in [-0.15, -0.1) is 11.3 Å². The summed E-state index contributed by atoms with van der Waals surface area (Å²) in [7, 11) is 0. The molecule has 82 valence electrons. The second-order valence-electron chi connectivity index (χ2n) is 4.00. The maximum absolute atomic E-state index is 8.59. The van der Waals surface area contributed by atoms with E-state index in [0.29, 0.717) is 12.3 Å². The molecule has 0 bridgehead atoms. The van der Waals surface area contributed by atoms with E-state index in [0.717, 1.165) is 19.6 Å². The third kappa shape index (κ3) is 4.91. The lowest BCUT2D eigenvalue weighted by Crippen LogP contribution is -2.27. The van der Waals surface area contributed by atoms with Crippen molar-refractivity contribution in [3.63, 3.8) is 0 Å². The van der Waals surface area contributed by atoms with Gasteiger partial charge in [0.1, 0.15) is 0 Å². The number of rotatable bonds is 6. The summed E-state index contributed by atoms with van der Waals surface area (Å²) in [6, 6.07) is 2.20. The number of nitrogens with zero attached hydrogens (tertiary/aromatic N) is 3. The Morgan fingerprint density at radius 2 is 2.40 bits per heavy atom. The van der Waals surface area contributed by atoms with Crippen molar-refractivity contribution in [2.24, 2.45) is 5.92 Å². The van der Waals surface area contributed by atoms with Gasteiger partial charge in [0, 0.05) is 37.1 Å². The Labute approximate surface area is 95.4 Å². The first kappa shape index (κ1) is 12.2. The predicted octanol–water partition coefficient (Wildman–Crippen LogP) is 2.51. The summed E-state index contributed by atoms with van der Waals surface area (Å²) >= 11 is 1.68. The standard InChI is InChI=1S/C11H17N3S/c1-10(2)7-14(5-3-4-12)8-11-6-13-9-15-11/h6,9-10H,3,5,7-8H2,1-2H3. The van der Waals surface area contributed by atoms with Gasteiger partial charge in [-0.05, 0) is 5.92 Å². The first-order valence-corrected chi connectivity index (χ1v) is 6.07. The summed E-state index contributed by atoms with van der Waals surface area (Å²) < 4.78 is 0. The third-order valence-electron chi connectivity index (χ3n) is 2.03. The molecule has 0 aliphatic heterocycles. The second kappa shape index (κ2) is 6.54. The number of hydrogen-bond acceptors (Lipinski definition) is 4. The van der Waals surface area contributed by atoms with Crippen LogP contribution in [0.25, 0.3) is 0 Å². The van der Waals surface area contributed by atoms with Crippen LogP contribution in [-0.4, -0.2) is 23.0 Å². The van der Waals surface area contributed by atoms with Gasteiger partial charge in [-0.2, -0.15) is 5.26 Å². The van der Waals surface area contributed by atoms with E-state index in [4.69, 9.17) is 5.26 Å². The molecule has 0 fully saturated rings. The van der Waals surface area contributed by atoms with Crippen LogP contribution in [0.3, 0.4) is 0 Å². The van der Waals surface area contributed by atoms with Crippen LogP contribution in [0, 0.1) is 17.2 Å². The van der Waals surface area contributed by atoms with E-state index in [9.17, 15) is 0 Å². The highest BCUT2D eigenvalue weighted by Gasteiger charge is 2.08. The van der Waals surface area contributed by atoms with E-state index < -0.39 is 0 Å². The van der Waals surface area contributed by atoms with Crippen molar-refractivity contribution in [1.82, 2.24) is 9.88 Å². The highest BCUT2D eigenvalue weighted by atomic mass is 32.1. The molecule has 0 aliphatic rings. The van der Waals surface area contributed by atoms with Crippen LogP contribution in [-0.2, 0) is 6.54 Å². The SMILES string of the molecule is CC(C)CN(CCC#N)Cc1cncs1. The lowest BCUT2D eigenvalue weighted by molar-refractivity contribution is 0.243. The summed E-state index contributed by atoms with van der Waals surface area (Å²) in [6.07, 6.45) is 2.51. The second-order valence-corrected chi connectivity index (χ2v) is 4.98. The van der Waals surface area contributed by atoms with Gasteiger partial charge >= 0.3 is 0 Å². The normalized spacial score (nSPS) is 10.9. The van der Waals surface area contributed by atoms with Crippen molar-refractivity contribution < 1.29 is 0 Å². The first-order valence-electron chi connectivity index (χ1n) is 5.19. The number of thiazole rings is 1. The summed E-state index contributed by atoms with van der Waals surface area (Å²) in [5.41, 5.74) is 1.85. The lowest BCUT2D eigenvalue weighted by atomic mass is 10.2. The van der Waals surface area contributed by atoms with E-state index in [1.807, 2.05) is 11.7 Å². The van der Waals surface area contributed by atoms with E-state index in [1.54, 1.807) is 11.3 Å². The molecule has 4 heteroatoms. The Bertz CT molecular complexity index is 300. The molecule has 1 heterocycles. The molecule has 0 amide bonds. The molecule has 0 spiro atoms. The first-order chi connectivity index (χ1) is 7.22. The molecule has 0 aromatic carbocycles. The minimum absolute atomic E-state index is 0.603. The molecular formula is C11H17N3S. The Kier molecular flexibility index (Phi) is 5.30. The molecule has 0 saturated carbocycles. The molecule has 0 aliphatic carbocycles. The summed E-state index contributed by atoms with van der Waals surface area (Å²) in [4.78, 5) is 7.65. The van der Waals surface area contributed by atoms with Crippen molar-refractivity contribution in [1.29, 1.82) is 5.26 Å². The quantitative estimate of drug-likeness (QED) is 0.744. The number of hydrogen-bond donors (Lipinski definition) is 0.